The van der Waals surface area contributed by atoms with E-state index in [9.17, 15) is 5.11 Å². The van der Waals surface area contributed by atoms with Gasteiger partial charge < -0.3 is 5.11 Å². The minimum Gasteiger partial charge on any atom is -0.379 e. The molecule has 1 unspecified atom stereocenters. The van der Waals surface area contributed by atoms with E-state index in [1.807, 2.05) is 0 Å². The molecule has 10 heavy (non-hydrogen) atoms. The van der Waals surface area contributed by atoms with Gasteiger partial charge in [-0.3, -0.25) is 5.32 Å². The van der Waals surface area contributed by atoms with Crippen LogP contribution in [0.15, 0.2) is 0 Å². The average Bonchev–Trinajstić information content (AvgIpc) is 2.27. The van der Waals surface area contributed by atoms with Crippen LogP contribution in [0.5, 0.6) is 0 Å². The van der Waals surface area contributed by atoms with Crippen LogP contribution in [0.25, 0.3) is 0 Å². The van der Waals surface area contributed by atoms with E-state index < -0.39 is 0 Å². The second kappa shape index (κ2) is 2.51. The van der Waals surface area contributed by atoms with Gasteiger partial charge in [0.2, 0.25) is 0 Å². The summed E-state index contributed by atoms with van der Waals surface area (Å²) in [5.74, 6) is 0.781. The second-order valence-corrected chi connectivity index (χ2v) is 3.57. The van der Waals surface area contributed by atoms with Gasteiger partial charge in [0.05, 0.1) is 0 Å². The highest BCUT2D eigenvalue weighted by Gasteiger charge is 2.33. The number of rotatable bonds is 0. The van der Waals surface area contributed by atoms with Gasteiger partial charge in [-0.05, 0) is 25.2 Å². The zero-order chi connectivity index (χ0) is 6.97. The molecule has 2 rings (SSSR count). The van der Waals surface area contributed by atoms with E-state index in [4.69, 9.17) is 0 Å². The molecular weight excluding hydrogens is 126 g/mol. The molecule has 2 fully saturated rings. The average molecular weight is 141 g/mol. The van der Waals surface area contributed by atoms with Crippen LogP contribution in [0.2, 0.25) is 0 Å². The minimum absolute atomic E-state index is 0.201. The largest absolute Gasteiger partial charge is 0.379 e. The standard InChI is InChI=1S/C8H15NO/c10-8-5-6-3-1-2-4-7(6)9-8/h6-10H,1-5H2/t6-,7+,8?/m1/s1. The third kappa shape index (κ3) is 1.06. The van der Waals surface area contributed by atoms with Gasteiger partial charge in [-0.25, -0.2) is 0 Å². The fourth-order valence-corrected chi connectivity index (χ4v) is 2.31. The Kier molecular flexibility index (Phi) is 1.66. The molecule has 0 radical (unpaired) electrons. The summed E-state index contributed by atoms with van der Waals surface area (Å²) >= 11 is 0. The van der Waals surface area contributed by atoms with Crippen LogP contribution in [-0.2, 0) is 0 Å². The minimum atomic E-state index is -0.201. The van der Waals surface area contributed by atoms with E-state index in [2.05, 4.69) is 5.32 Å². The molecule has 1 heterocycles. The Labute approximate surface area is 61.6 Å². The molecule has 2 aliphatic rings. The summed E-state index contributed by atoms with van der Waals surface area (Å²) in [6.07, 6.45) is 6.12. The maximum Gasteiger partial charge on any atom is 0.105 e. The van der Waals surface area contributed by atoms with Crippen molar-refractivity contribution in [2.75, 3.05) is 0 Å². The predicted octanol–water partition coefficient (Wildman–Crippen LogP) is 0.857. The van der Waals surface area contributed by atoms with Gasteiger partial charge in [0, 0.05) is 6.04 Å². The number of hydrogen-bond acceptors (Lipinski definition) is 2. The summed E-state index contributed by atoms with van der Waals surface area (Å²) in [5, 5.41) is 12.5. The molecule has 1 saturated carbocycles. The normalized spacial score (nSPS) is 47.1. The van der Waals surface area contributed by atoms with Crippen molar-refractivity contribution in [2.24, 2.45) is 5.92 Å². The summed E-state index contributed by atoms with van der Waals surface area (Å²) in [5.41, 5.74) is 0. The lowest BCUT2D eigenvalue weighted by atomic mass is 9.85. The van der Waals surface area contributed by atoms with Gasteiger partial charge in [-0.2, -0.15) is 0 Å². The zero-order valence-electron chi connectivity index (χ0n) is 6.21. The Morgan fingerprint density at radius 3 is 2.80 bits per heavy atom. The van der Waals surface area contributed by atoms with E-state index in [0.29, 0.717) is 6.04 Å². The molecule has 1 aliphatic carbocycles. The van der Waals surface area contributed by atoms with Crippen LogP contribution < -0.4 is 5.32 Å². The quantitative estimate of drug-likeness (QED) is 0.524. The lowest BCUT2D eigenvalue weighted by Gasteiger charge is -2.23. The van der Waals surface area contributed by atoms with Crippen LogP contribution >= 0.6 is 0 Å². The topological polar surface area (TPSA) is 32.3 Å². The Balaban J connectivity index is 1.97. The molecule has 0 amide bonds. The monoisotopic (exact) mass is 141 g/mol. The fraction of sp³-hybridized carbons (Fsp3) is 1.00. The van der Waals surface area contributed by atoms with E-state index in [0.717, 1.165) is 12.3 Å². The molecule has 1 aliphatic heterocycles. The molecule has 0 aromatic heterocycles. The van der Waals surface area contributed by atoms with Crippen molar-refractivity contribution in [1.29, 1.82) is 0 Å². The fourth-order valence-electron chi connectivity index (χ4n) is 2.31. The summed E-state index contributed by atoms with van der Waals surface area (Å²) in [6.45, 7) is 0. The Morgan fingerprint density at radius 1 is 1.20 bits per heavy atom. The van der Waals surface area contributed by atoms with Crippen molar-refractivity contribution >= 4 is 0 Å². The molecule has 1 saturated heterocycles. The van der Waals surface area contributed by atoms with Crippen molar-refractivity contribution in [1.82, 2.24) is 5.32 Å². The van der Waals surface area contributed by atoms with Crippen molar-refractivity contribution in [2.45, 2.75) is 44.4 Å². The van der Waals surface area contributed by atoms with Crippen LogP contribution in [-0.4, -0.2) is 17.4 Å². The van der Waals surface area contributed by atoms with Crippen LogP contribution in [0.4, 0.5) is 0 Å². The van der Waals surface area contributed by atoms with Crippen molar-refractivity contribution in [3.8, 4) is 0 Å². The third-order valence-corrected chi connectivity index (χ3v) is 2.84. The third-order valence-electron chi connectivity index (χ3n) is 2.84. The number of aliphatic hydroxyl groups excluding tert-OH is 1. The molecule has 58 valence electrons. The first-order valence-corrected chi connectivity index (χ1v) is 4.30. The Morgan fingerprint density at radius 2 is 2.00 bits per heavy atom. The molecule has 0 bridgehead atoms. The van der Waals surface area contributed by atoms with Gasteiger partial charge in [0.15, 0.2) is 0 Å². The number of fused-ring (bicyclic) bond motifs is 1. The second-order valence-electron chi connectivity index (χ2n) is 3.57. The number of aliphatic hydroxyl groups is 1. The molecule has 2 N–H and O–H groups in total. The maximum absolute atomic E-state index is 9.25. The first-order valence-electron chi connectivity index (χ1n) is 4.30. The van der Waals surface area contributed by atoms with Gasteiger partial charge in [-0.1, -0.05) is 12.8 Å². The van der Waals surface area contributed by atoms with Gasteiger partial charge in [0.25, 0.3) is 0 Å². The van der Waals surface area contributed by atoms with Crippen molar-refractivity contribution in [3.63, 3.8) is 0 Å². The van der Waals surface area contributed by atoms with Gasteiger partial charge in [-0.15, -0.1) is 0 Å². The highest BCUT2D eigenvalue weighted by Crippen LogP contribution is 2.32. The zero-order valence-corrected chi connectivity index (χ0v) is 6.21. The first-order chi connectivity index (χ1) is 4.86. The summed E-state index contributed by atoms with van der Waals surface area (Å²) in [4.78, 5) is 0. The summed E-state index contributed by atoms with van der Waals surface area (Å²) < 4.78 is 0. The molecule has 0 aromatic carbocycles. The molecule has 0 spiro atoms. The summed E-state index contributed by atoms with van der Waals surface area (Å²) in [6, 6.07) is 0.642. The smallest absolute Gasteiger partial charge is 0.105 e. The summed E-state index contributed by atoms with van der Waals surface area (Å²) in [7, 11) is 0. The van der Waals surface area contributed by atoms with Crippen LogP contribution in [0.1, 0.15) is 32.1 Å². The van der Waals surface area contributed by atoms with Gasteiger partial charge >= 0.3 is 0 Å². The van der Waals surface area contributed by atoms with Crippen molar-refractivity contribution in [3.05, 3.63) is 0 Å². The first kappa shape index (κ1) is 6.62. The van der Waals surface area contributed by atoms with Crippen LogP contribution in [0, 0.1) is 5.92 Å². The van der Waals surface area contributed by atoms with Crippen molar-refractivity contribution < 1.29 is 5.11 Å². The SMILES string of the molecule is OC1C[C@H]2CCCC[C@@H]2N1. The van der Waals surface area contributed by atoms with E-state index in [1.165, 1.54) is 25.7 Å². The molecule has 0 aromatic rings. The predicted molar refractivity (Wildman–Crippen MR) is 39.5 cm³/mol. The molecule has 2 heteroatoms. The maximum atomic E-state index is 9.25. The highest BCUT2D eigenvalue weighted by molar-refractivity contribution is 4.88. The van der Waals surface area contributed by atoms with E-state index in [1.54, 1.807) is 0 Å². The number of nitrogens with one attached hydrogen (secondary N) is 1. The highest BCUT2D eigenvalue weighted by atomic mass is 16.3. The van der Waals surface area contributed by atoms with E-state index >= 15 is 0 Å². The molecule has 2 nitrogen and oxygen atoms in total. The molecule has 3 atom stereocenters. The Bertz CT molecular complexity index is 112. The lowest BCUT2D eigenvalue weighted by molar-refractivity contribution is 0.153. The van der Waals surface area contributed by atoms with Gasteiger partial charge in [0.1, 0.15) is 6.23 Å². The Hall–Kier alpha value is -0.0800. The lowest BCUT2D eigenvalue weighted by Crippen LogP contribution is -2.32. The van der Waals surface area contributed by atoms with E-state index in [-0.39, 0.29) is 6.23 Å². The number of hydrogen-bond donors (Lipinski definition) is 2. The molecular formula is C8H15NO. The van der Waals surface area contributed by atoms with Crippen LogP contribution in [0.3, 0.4) is 0 Å².